The highest BCUT2D eigenvalue weighted by Crippen LogP contribution is 2.32. The maximum atomic E-state index is 11.1. The van der Waals surface area contributed by atoms with Crippen LogP contribution in [0.1, 0.15) is 12.5 Å². The smallest absolute Gasteiger partial charge is 0.251 e. The molecule has 7 heteroatoms. The normalized spacial score (nSPS) is 12.6. The molecule has 0 saturated carbocycles. The van der Waals surface area contributed by atoms with E-state index in [-0.39, 0.29) is 5.91 Å². The molecule has 0 bridgehead atoms. The summed E-state index contributed by atoms with van der Waals surface area (Å²) in [7, 11) is 0. The number of nitrogens with zero attached hydrogens (tertiary/aromatic N) is 4. The van der Waals surface area contributed by atoms with Crippen LogP contribution in [-0.4, -0.2) is 27.6 Å². The van der Waals surface area contributed by atoms with Crippen LogP contribution in [0.2, 0.25) is 0 Å². The Kier molecular flexibility index (Phi) is 4.18. The molecule has 2 heterocycles. The molecule has 4 rings (SSSR count). The van der Waals surface area contributed by atoms with Crippen LogP contribution in [-0.2, 0) is 11.2 Å². The molecule has 1 aliphatic heterocycles. The third-order valence-electron chi connectivity index (χ3n) is 4.15. The van der Waals surface area contributed by atoms with E-state index in [9.17, 15) is 4.79 Å². The molecule has 26 heavy (non-hydrogen) atoms. The molecule has 1 amide bonds. The van der Waals surface area contributed by atoms with Crippen LogP contribution in [0.3, 0.4) is 0 Å². The average Bonchev–Trinajstić information content (AvgIpc) is 3.07. The van der Waals surface area contributed by atoms with Crippen LogP contribution in [0.15, 0.2) is 54.7 Å². The van der Waals surface area contributed by atoms with E-state index in [0.717, 1.165) is 30.0 Å². The fourth-order valence-corrected chi connectivity index (χ4v) is 3.00. The van der Waals surface area contributed by atoms with Crippen molar-refractivity contribution in [1.29, 1.82) is 0 Å². The summed E-state index contributed by atoms with van der Waals surface area (Å²) in [4.78, 5) is 17.8. The van der Waals surface area contributed by atoms with Crippen LogP contribution < -0.4 is 15.5 Å². The van der Waals surface area contributed by atoms with Gasteiger partial charge in [0.2, 0.25) is 5.91 Å². The van der Waals surface area contributed by atoms with Gasteiger partial charge < -0.3 is 15.5 Å². The number of para-hydroxylation sites is 1. The van der Waals surface area contributed by atoms with Gasteiger partial charge in [-0.05, 0) is 42.3 Å². The van der Waals surface area contributed by atoms with Gasteiger partial charge in [0.1, 0.15) is 0 Å². The molecule has 0 atom stereocenters. The minimum Gasteiger partial charge on any atom is -0.339 e. The van der Waals surface area contributed by atoms with E-state index in [1.807, 2.05) is 36.4 Å². The van der Waals surface area contributed by atoms with Crippen molar-refractivity contribution < 1.29 is 4.79 Å². The van der Waals surface area contributed by atoms with E-state index < -0.39 is 0 Å². The first kappa shape index (κ1) is 16.0. The zero-order chi connectivity index (χ0) is 17.9. The predicted molar refractivity (Wildman–Crippen MR) is 101 cm³/mol. The number of hydrogen-bond acceptors (Lipinski definition) is 6. The minimum atomic E-state index is -0.0961. The van der Waals surface area contributed by atoms with Crippen molar-refractivity contribution in [3.05, 3.63) is 60.3 Å². The summed E-state index contributed by atoms with van der Waals surface area (Å²) < 4.78 is 0. The first-order valence-corrected chi connectivity index (χ1v) is 8.39. The van der Waals surface area contributed by atoms with Gasteiger partial charge >= 0.3 is 0 Å². The number of nitrogens with one attached hydrogen (secondary N) is 2. The van der Waals surface area contributed by atoms with Crippen molar-refractivity contribution >= 4 is 34.7 Å². The van der Waals surface area contributed by atoms with Gasteiger partial charge in [0.15, 0.2) is 5.82 Å². The first-order valence-electron chi connectivity index (χ1n) is 8.39. The summed E-state index contributed by atoms with van der Waals surface area (Å²) in [6, 6.07) is 15.7. The average molecular weight is 346 g/mol. The van der Waals surface area contributed by atoms with Gasteiger partial charge in [0.05, 0.1) is 6.20 Å². The molecular formula is C19H18N6O. The van der Waals surface area contributed by atoms with Crippen molar-refractivity contribution in [1.82, 2.24) is 15.2 Å². The molecule has 3 aromatic rings. The lowest BCUT2D eigenvalue weighted by atomic mass is 10.2. The SMILES string of the molecule is CC(=O)Nc1ccc(Nc2cnnc(N3CCc4ccccc43)n2)cc1. The molecule has 7 nitrogen and oxygen atoms in total. The van der Waals surface area contributed by atoms with Crippen LogP contribution in [0.4, 0.5) is 28.8 Å². The topological polar surface area (TPSA) is 83.0 Å². The van der Waals surface area contributed by atoms with Crippen molar-refractivity contribution in [2.75, 3.05) is 22.1 Å². The third kappa shape index (κ3) is 3.32. The molecule has 1 aromatic heterocycles. The Labute approximate surface area is 151 Å². The molecule has 1 aliphatic rings. The summed E-state index contributed by atoms with van der Waals surface area (Å²) in [6.45, 7) is 2.33. The quantitative estimate of drug-likeness (QED) is 0.754. The van der Waals surface area contributed by atoms with Crippen molar-refractivity contribution in [2.45, 2.75) is 13.3 Å². The zero-order valence-electron chi connectivity index (χ0n) is 14.3. The minimum absolute atomic E-state index is 0.0961. The van der Waals surface area contributed by atoms with E-state index in [2.05, 4.69) is 42.8 Å². The Hall–Kier alpha value is -3.48. The van der Waals surface area contributed by atoms with E-state index >= 15 is 0 Å². The molecule has 0 aliphatic carbocycles. The van der Waals surface area contributed by atoms with Crippen LogP contribution >= 0.6 is 0 Å². The fourth-order valence-electron chi connectivity index (χ4n) is 3.00. The van der Waals surface area contributed by atoms with Gasteiger partial charge in [-0.1, -0.05) is 18.2 Å². The highest BCUT2D eigenvalue weighted by molar-refractivity contribution is 5.88. The second-order valence-corrected chi connectivity index (χ2v) is 6.06. The lowest BCUT2D eigenvalue weighted by Crippen LogP contribution is -2.17. The van der Waals surface area contributed by atoms with E-state index in [1.54, 1.807) is 6.20 Å². The largest absolute Gasteiger partial charge is 0.339 e. The molecule has 2 aromatic carbocycles. The number of hydrogen-bond donors (Lipinski definition) is 2. The van der Waals surface area contributed by atoms with Gasteiger partial charge in [0, 0.05) is 30.5 Å². The summed E-state index contributed by atoms with van der Waals surface area (Å²) in [5, 5.41) is 14.2. The Balaban J connectivity index is 1.53. The number of amides is 1. The summed E-state index contributed by atoms with van der Waals surface area (Å²) >= 11 is 0. The number of rotatable bonds is 4. The van der Waals surface area contributed by atoms with Gasteiger partial charge in [-0.3, -0.25) is 4.79 Å². The van der Waals surface area contributed by atoms with Gasteiger partial charge in [-0.2, -0.15) is 10.1 Å². The molecule has 2 N–H and O–H groups in total. The number of carbonyl (C=O) groups is 1. The van der Waals surface area contributed by atoms with Crippen LogP contribution in [0, 0.1) is 0 Å². The monoisotopic (exact) mass is 346 g/mol. The number of fused-ring (bicyclic) bond motifs is 1. The lowest BCUT2D eigenvalue weighted by Gasteiger charge is -2.17. The number of carbonyl (C=O) groups excluding carboxylic acids is 1. The molecule has 0 radical (unpaired) electrons. The summed E-state index contributed by atoms with van der Waals surface area (Å²) in [6.07, 6.45) is 2.56. The number of benzene rings is 2. The molecule has 0 spiro atoms. The Bertz CT molecular complexity index is 941. The maximum Gasteiger partial charge on any atom is 0.251 e. The molecular weight excluding hydrogens is 328 g/mol. The van der Waals surface area contributed by atoms with Gasteiger partial charge in [-0.15, -0.1) is 5.10 Å². The zero-order valence-corrected chi connectivity index (χ0v) is 14.3. The second kappa shape index (κ2) is 6.79. The fraction of sp³-hybridized carbons (Fsp3) is 0.158. The van der Waals surface area contributed by atoms with Crippen molar-refractivity contribution in [3.63, 3.8) is 0 Å². The van der Waals surface area contributed by atoms with Crippen molar-refractivity contribution in [3.8, 4) is 0 Å². The lowest BCUT2D eigenvalue weighted by molar-refractivity contribution is -0.114. The van der Waals surface area contributed by atoms with E-state index in [0.29, 0.717) is 11.8 Å². The highest BCUT2D eigenvalue weighted by atomic mass is 16.1. The van der Waals surface area contributed by atoms with Crippen molar-refractivity contribution in [2.24, 2.45) is 0 Å². The number of aromatic nitrogens is 3. The standard InChI is InChI=1S/C19H18N6O/c1-13(26)21-15-6-8-16(9-7-15)22-18-12-20-24-19(23-18)25-11-10-14-4-2-3-5-17(14)25/h2-9,12H,10-11H2,1H3,(H,21,26)(H,22,23,24). The van der Waals surface area contributed by atoms with Gasteiger partial charge in [0.25, 0.3) is 5.95 Å². The Morgan fingerprint density at radius 2 is 1.85 bits per heavy atom. The molecule has 0 fully saturated rings. The van der Waals surface area contributed by atoms with E-state index in [4.69, 9.17) is 0 Å². The Morgan fingerprint density at radius 1 is 1.08 bits per heavy atom. The molecule has 0 unspecified atom stereocenters. The van der Waals surface area contributed by atoms with Gasteiger partial charge in [-0.25, -0.2) is 0 Å². The molecule has 0 saturated heterocycles. The Morgan fingerprint density at radius 3 is 2.65 bits per heavy atom. The van der Waals surface area contributed by atoms with Crippen LogP contribution in [0.25, 0.3) is 0 Å². The van der Waals surface area contributed by atoms with E-state index in [1.165, 1.54) is 12.5 Å². The third-order valence-corrected chi connectivity index (χ3v) is 4.15. The maximum absolute atomic E-state index is 11.1. The summed E-state index contributed by atoms with van der Waals surface area (Å²) in [5.74, 6) is 1.10. The number of anilines is 5. The second-order valence-electron chi connectivity index (χ2n) is 6.06. The molecule has 130 valence electrons. The summed E-state index contributed by atoms with van der Waals surface area (Å²) in [5.41, 5.74) is 4.03. The van der Waals surface area contributed by atoms with Crippen LogP contribution in [0.5, 0.6) is 0 Å². The highest BCUT2D eigenvalue weighted by Gasteiger charge is 2.22. The first-order chi connectivity index (χ1) is 12.7. The predicted octanol–water partition coefficient (Wildman–Crippen LogP) is 3.27.